The van der Waals surface area contributed by atoms with Crippen molar-refractivity contribution in [3.63, 3.8) is 0 Å². The van der Waals surface area contributed by atoms with E-state index >= 15 is 0 Å². The lowest BCUT2D eigenvalue weighted by molar-refractivity contribution is -0.121. The number of benzene rings is 1. The number of allylic oxidation sites excluding steroid dienone is 2. The minimum Gasteiger partial charge on any atom is -0.397 e. The maximum atomic E-state index is 12.0. The number of halogens is 1. The number of carbonyl (C=O) groups is 1. The van der Waals surface area contributed by atoms with Gasteiger partial charge >= 0.3 is 0 Å². The first-order valence-corrected chi connectivity index (χ1v) is 12.9. The van der Waals surface area contributed by atoms with Crippen molar-refractivity contribution in [2.75, 3.05) is 25.6 Å². The standard InChI is InChI=1S/C25H28ClN5O2.2C2H6/c1-16(32)25(2,3)18-8-10-19(11-9-18)30-24-17(14-29-22(31-24)15-33-4)7-12-21(27)23-20(26)6-5-13-28-23;2*1-2/h5-13H,14-15,27H2,1-4H3,(H,29,30,31);2*1-2H3/b17-7+,21-12-;;. The molecular weight excluding hydrogens is 486 g/mol. The number of methoxy groups -OCH3 is 1. The fraction of sp³-hybridized carbons (Fsp3) is 0.379. The van der Waals surface area contributed by atoms with Crippen LogP contribution in [-0.4, -0.2) is 42.7 Å². The van der Waals surface area contributed by atoms with Gasteiger partial charge in [0.2, 0.25) is 0 Å². The summed E-state index contributed by atoms with van der Waals surface area (Å²) in [4.78, 5) is 25.3. The molecule has 1 aromatic carbocycles. The summed E-state index contributed by atoms with van der Waals surface area (Å²) in [6.07, 6.45) is 5.24. The number of ether oxygens (including phenoxy) is 1. The molecule has 0 fully saturated rings. The average Bonchev–Trinajstić information content (AvgIpc) is 2.91. The van der Waals surface area contributed by atoms with Gasteiger partial charge in [0.05, 0.1) is 17.3 Å². The molecule has 0 unspecified atom stereocenters. The van der Waals surface area contributed by atoms with E-state index in [-0.39, 0.29) is 5.78 Å². The summed E-state index contributed by atoms with van der Waals surface area (Å²) in [5, 5.41) is 3.83. The predicted octanol–water partition coefficient (Wildman–Crippen LogP) is 6.45. The zero-order valence-corrected chi connectivity index (χ0v) is 24.0. The van der Waals surface area contributed by atoms with E-state index in [9.17, 15) is 4.79 Å². The molecule has 37 heavy (non-hydrogen) atoms. The van der Waals surface area contributed by atoms with Gasteiger partial charge in [-0.3, -0.25) is 14.8 Å². The van der Waals surface area contributed by atoms with Gasteiger partial charge in [-0.2, -0.15) is 0 Å². The number of amidine groups is 2. The van der Waals surface area contributed by atoms with Gasteiger partial charge in [0.1, 0.15) is 23.9 Å². The number of rotatable bonds is 7. The first-order valence-electron chi connectivity index (χ1n) is 12.5. The van der Waals surface area contributed by atoms with Gasteiger partial charge in [-0.15, -0.1) is 0 Å². The van der Waals surface area contributed by atoms with Crippen LogP contribution in [0.2, 0.25) is 5.02 Å². The molecule has 2 heterocycles. The number of aromatic nitrogens is 1. The van der Waals surface area contributed by atoms with E-state index in [1.165, 1.54) is 0 Å². The smallest absolute Gasteiger partial charge is 0.152 e. The Hall–Kier alpha value is -3.29. The van der Waals surface area contributed by atoms with E-state index in [0.717, 1.165) is 16.8 Å². The molecule has 200 valence electrons. The van der Waals surface area contributed by atoms with Crippen LogP contribution < -0.4 is 11.1 Å². The molecule has 0 amide bonds. The molecule has 0 saturated heterocycles. The molecule has 0 saturated carbocycles. The summed E-state index contributed by atoms with van der Waals surface area (Å²) in [6.45, 7) is 14.2. The molecule has 3 N–H and O–H groups in total. The second-order valence-electron chi connectivity index (χ2n) is 8.16. The number of Topliss-reactive ketones (excluding diaryl/α,β-unsaturated/α-hetero) is 1. The van der Waals surface area contributed by atoms with E-state index in [4.69, 9.17) is 22.1 Å². The second-order valence-corrected chi connectivity index (χ2v) is 8.56. The fourth-order valence-corrected chi connectivity index (χ4v) is 3.34. The highest BCUT2D eigenvalue weighted by molar-refractivity contribution is 6.32. The van der Waals surface area contributed by atoms with Crippen molar-refractivity contribution in [2.45, 2.75) is 53.9 Å². The molecule has 3 rings (SSSR count). The molecule has 0 bridgehead atoms. The zero-order chi connectivity index (χ0) is 28.0. The van der Waals surface area contributed by atoms with E-state index < -0.39 is 5.41 Å². The summed E-state index contributed by atoms with van der Waals surface area (Å²) in [7, 11) is 1.60. The van der Waals surface area contributed by atoms with Crippen molar-refractivity contribution >= 4 is 40.4 Å². The van der Waals surface area contributed by atoms with Crippen LogP contribution in [0.25, 0.3) is 5.70 Å². The van der Waals surface area contributed by atoms with Gasteiger partial charge in [-0.25, -0.2) is 4.99 Å². The normalized spacial score (nSPS) is 14.4. The van der Waals surface area contributed by atoms with E-state index in [0.29, 0.717) is 41.2 Å². The lowest BCUT2D eigenvalue weighted by Gasteiger charge is -2.22. The van der Waals surface area contributed by atoms with Gasteiger partial charge in [0, 0.05) is 30.0 Å². The molecule has 1 aliphatic heterocycles. The van der Waals surface area contributed by atoms with Crippen LogP contribution in [0.1, 0.15) is 59.7 Å². The maximum absolute atomic E-state index is 12.0. The molecular formula is C29H40ClN5O2. The van der Waals surface area contributed by atoms with Gasteiger partial charge in [0.25, 0.3) is 0 Å². The summed E-state index contributed by atoms with van der Waals surface area (Å²) in [5.41, 5.74) is 9.24. The molecule has 0 radical (unpaired) electrons. The first-order chi connectivity index (χ1) is 17.7. The quantitative estimate of drug-likeness (QED) is 0.432. The Balaban J connectivity index is 0.00000163. The molecule has 0 aliphatic carbocycles. The SMILES string of the molecule is CC.CC.COCC1=NC/C(=C\C=C(/N)c2ncccc2Cl)C(Nc2ccc(C(C)(C)C(C)=O)cc2)=N1. The number of hydrogen-bond acceptors (Lipinski definition) is 7. The van der Waals surface area contributed by atoms with Crippen molar-refractivity contribution in [1.82, 2.24) is 4.98 Å². The van der Waals surface area contributed by atoms with Crippen molar-refractivity contribution in [1.29, 1.82) is 0 Å². The summed E-state index contributed by atoms with van der Waals surface area (Å²) in [6, 6.07) is 11.2. The Labute approximate surface area is 226 Å². The molecule has 8 heteroatoms. The number of anilines is 1. The Morgan fingerprint density at radius 3 is 2.38 bits per heavy atom. The zero-order valence-electron chi connectivity index (χ0n) is 23.2. The van der Waals surface area contributed by atoms with E-state index in [1.54, 1.807) is 38.4 Å². The van der Waals surface area contributed by atoms with Gasteiger partial charge in [0.15, 0.2) is 5.84 Å². The second kappa shape index (κ2) is 15.7. The average molecular weight is 526 g/mol. The van der Waals surface area contributed by atoms with Gasteiger partial charge in [-0.1, -0.05) is 57.5 Å². The van der Waals surface area contributed by atoms with Crippen LogP contribution in [0.4, 0.5) is 5.69 Å². The van der Waals surface area contributed by atoms with Crippen LogP contribution in [-0.2, 0) is 14.9 Å². The highest BCUT2D eigenvalue weighted by Gasteiger charge is 2.25. The molecule has 0 spiro atoms. The summed E-state index contributed by atoms with van der Waals surface area (Å²) < 4.78 is 5.19. The molecule has 7 nitrogen and oxygen atoms in total. The first kappa shape index (κ1) is 31.7. The minimum absolute atomic E-state index is 0.114. The molecule has 0 atom stereocenters. The lowest BCUT2D eigenvalue weighted by atomic mass is 9.81. The molecule has 1 aliphatic rings. The maximum Gasteiger partial charge on any atom is 0.152 e. The largest absolute Gasteiger partial charge is 0.397 e. The number of nitrogens with one attached hydrogen (secondary N) is 1. The lowest BCUT2D eigenvalue weighted by Crippen LogP contribution is -2.26. The van der Waals surface area contributed by atoms with Crippen molar-refractivity contribution < 1.29 is 9.53 Å². The highest BCUT2D eigenvalue weighted by atomic mass is 35.5. The van der Waals surface area contributed by atoms with Crippen molar-refractivity contribution in [3.05, 3.63) is 76.6 Å². The Morgan fingerprint density at radius 2 is 1.81 bits per heavy atom. The summed E-state index contributed by atoms with van der Waals surface area (Å²) in [5.74, 6) is 1.35. The predicted molar refractivity (Wildman–Crippen MR) is 158 cm³/mol. The number of hydrogen-bond donors (Lipinski definition) is 2. The van der Waals surface area contributed by atoms with Gasteiger partial charge in [-0.05, 0) is 56.7 Å². The van der Waals surface area contributed by atoms with Crippen LogP contribution in [0.5, 0.6) is 0 Å². The topological polar surface area (TPSA) is 102 Å². The Kier molecular flexibility index (Phi) is 13.5. The number of ketones is 1. The Morgan fingerprint density at radius 1 is 1.16 bits per heavy atom. The third-order valence-electron chi connectivity index (χ3n) is 5.50. The third kappa shape index (κ3) is 8.95. The van der Waals surface area contributed by atoms with Crippen molar-refractivity contribution in [2.24, 2.45) is 15.7 Å². The van der Waals surface area contributed by atoms with E-state index in [1.807, 2.05) is 71.9 Å². The highest BCUT2D eigenvalue weighted by Crippen LogP contribution is 2.26. The number of pyridine rings is 1. The number of nitrogens with zero attached hydrogens (tertiary/aromatic N) is 3. The monoisotopic (exact) mass is 525 g/mol. The number of nitrogens with two attached hydrogens (primary N) is 1. The molecule has 2 aromatic rings. The summed E-state index contributed by atoms with van der Waals surface area (Å²) >= 11 is 6.20. The third-order valence-corrected chi connectivity index (χ3v) is 5.80. The van der Waals surface area contributed by atoms with Gasteiger partial charge < -0.3 is 15.8 Å². The van der Waals surface area contributed by atoms with Crippen LogP contribution in [0.15, 0.2) is 70.3 Å². The van der Waals surface area contributed by atoms with Crippen molar-refractivity contribution in [3.8, 4) is 0 Å². The minimum atomic E-state index is -0.542. The van der Waals surface area contributed by atoms with E-state index in [2.05, 4.69) is 20.3 Å². The molecule has 1 aromatic heterocycles. The van der Waals surface area contributed by atoms with Crippen LogP contribution in [0.3, 0.4) is 0 Å². The van der Waals surface area contributed by atoms with Crippen LogP contribution >= 0.6 is 11.6 Å². The number of aliphatic imine (C=N–C) groups is 2. The number of carbonyl (C=O) groups excluding carboxylic acids is 1. The fourth-order valence-electron chi connectivity index (χ4n) is 3.11. The Bertz CT molecular complexity index is 1150. The van der Waals surface area contributed by atoms with Crippen LogP contribution in [0, 0.1) is 0 Å².